The van der Waals surface area contributed by atoms with Crippen LogP contribution in [0.15, 0.2) is 79.0 Å². The number of allylic oxidation sites excluding steroid dienone is 3. The molecule has 174 valence electrons. The van der Waals surface area contributed by atoms with Crippen LogP contribution >= 0.6 is 0 Å². The number of hydrogen-bond donors (Lipinski definition) is 2. The van der Waals surface area contributed by atoms with Crippen LogP contribution in [0.4, 0.5) is 10.1 Å². The van der Waals surface area contributed by atoms with Gasteiger partial charge >= 0.3 is 0 Å². The molecule has 0 unspecified atom stereocenters. The minimum atomic E-state index is -1.08. The van der Waals surface area contributed by atoms with Crippen LogP contribution in [-0.2, 0) is 0 Å². The molecule has 0 aliphatic heterocycles. The van der Waals surface area contributed by atoms with Gasteiger partial charge in [-0.1, -0.05) is 61.1 Å². The van der Waals surface area contributed by atoms with Gasteiger partial charge in [0.15, 0.2) is 0 Å². The Morgan fingerprint density at radius 1 is 1.17 bits per heavy atom. The first kappa shape index (κ1) is 23.8. The maximum absolute atomic E-state index is 14.0. The summed E-state index contributed by atoms with van der Waals surface area (Å²) in [4.78, 5) is 4.62. The van der Waals surface area contributed by atoms with Crippen molar-refractivity contribution in [3.05, 3.63) is 113 Å². The molecule has 3 aromatic rings. The summed E-state index contributed by atoms with van der Waals surface area (Å²) in [6.45, 7) is 5.85. The Morgan fingerprint density at radius 2 is 1.89 bits per heavy atom. The van der Waals surface area contributed by atoms with E-state index in [1.54, 1.807) is 30.5 Å². The zero-order valence-corrected chi connectivity index (χ0v) is 19.7. The van der Waals surface area contributed by atoms with E-state index in [4.69, 9.17) is 11.1 Å². The number of nitrogen functional groups attached to an aromatic ring is 1. The fraction of sp³-hybridized carbons (Fsp3) is 0.167. The van der Waals surface area contributed by atoms with Gasteiger partial charge in [0.25, 0.3) is 0 Å². The predicted octanol–water partition coefficient (Wildman–Crippen LogP) is 7.18. The number of rotatable bonds is 7. The van der Waals surface area contributed by atoms with Gasteiger partial charge < -0.3 is 5.73 Å². The van der Waals surface area contributed by atoms with Crippen LogP contribution in [0.2, 0.25) is 0 Å². The van der Waals surface area contributed by atoms with Gasteiger partial charge in [-0.3, -0.25) is 10.4 Å². The van der Waals surface area contributed by atoms with Crippen molar-refractivity contribution in [3.63, 3.8) is 0 Å². The lowest BCUT2D eigenvalue weighted by atomic mass is 9.73. The molecule has 0 amide bonds. The molecule has 0 atom stereocenters. The first-order valence-electron chi connectivity index (χ1n) is 11.6. The summed E-state index contributed by atoms with van der Waals surface area (Å²) in [5, 5.41) is 17.4. The largest absolute Gasteiger partial charge is 0.398 e. The molecule has 1 heterocycles. The minimum absolute atomic E-state index is 0.0514. The zero-order valence-electron chi connectivity index (χ0n) is 19.7. The predicted molar refractivity (Wildman–Crippen MR) is 141 cm³/mol. The Morgan fingerprint density at radius 3 is 2.49 bits per heavy atom. The summed E-state index contributed by atoms with van der Waals surface area (Å²) >= 11 is 0. The number of benzene rings is 2. The Balaban J connectivity index is 2.01. The number of nitriles is 1. The van der Waals surface area contributed by atoms with E-state index in [2.05, 4.69) is 17.6 Å². The van der Waals surface area contributed by atoms with Crippen LogP contribution < -0.4 is 5.73 Å². The molecule has 3 N–H and O–H groups in total. The number of nitrogens with zero attached hydrogens (tertiary/aromatic N) is 2. The van der Waals surface area contributed by atoms with E-state index >= 15 is 0 Å². The van der Waals surface area contributed by atoms with Crippen molar-refractivity contribution < 1.29 is 4.39 Å². The number of nitrogens with one attached hydrogen (secondary N) is 1. The molecule has 4 nitrogen and oxygen atoms in total. The lowest BCUT2D eigenvalue weighted by Gasteiger charge is -2.31. The monoisotopic (exact) mass is 462 g/mol. The topological polar surface area (TPSA) is 86.6 Å². The summed E-state index contributed by atoms with van der Waals surface area (Å²) in [5.41, 5.74) is 12.9. The number of anilines is 1. The third-order valence-corrected chi connectivity index (χ3v) is 6.30. The SMILES string of the molecule is C=C(C)/C=C/c1ccc(/C(=C(\c2ncccc2C#N)C2CCC2)c2ccc(N)c(C(=N)F)c2)cc1. The fourth-order valence-electron chi connectivity index (χ4n) is 4.30. The average Bonchev–Trinajstić information content (AvgIpc) is 2.82. The van der Waals surface area contributed by atoms with Crippen LogP contribution in [0.3, 0.4) is 0 Å². The van der Waals surface area contributed by atoms with E-state index in [-0.39, 0.29) is 17.2 Å². The molecule has 1 aromatic heterocycles. The number of pyridine rings is 1. The molecular formula is C30H27FN4. The van der Waals surface area contributed by atoms with E-state index in [0.29, 0.717) is 11.3 Å². The van der Waals surface area contributed by atoms with Crippen molar-refractivity contribution in [1.29, 1.82) is 10.7 Å². The molecule has 1 aliphatic rings. The van der Waals surface area contributed by atoms with Crippen molar-refractivity contribution in [2.24, 2.45) is 5.92 Å². The number of hydrogen-bond acceptors (Lipinski definition) is 4. The number of nitrogens with two attached hydrogens (primary N) is 1. The molecule has 1 fully saturated rings. The maximum Gasteiger partial charge on any atom is 0.214 e. The first-order valence-corrected chi connectivity index (χ1v) is 11.6. The number of aromatic nitrogens is 1. The lowest BCUT2D eigenvalue weighted by molar-refractivity contribution is 0.400. The van der Waals surface area contributed by atoms with Crippen molar-refractivity contribution in [3.8, 4) is 6.07 Å². The highest BCUT2D eigenvalue weighted by Crippen LogP contribution is 2.45. The molecule has 0 bridgehead atoms. The Kier molecular flexibility index (Phi) is 7.03. The van der Waals surface area contributed by atoms with Gasteiger partial charge in [0.2, 0.25) is 5.97 Å². The maximum atomic E-state index is 14.0. The smallest absolute Gasteiger partial charge is 0.214 e. The first-order chi connectivity index (χ1) is 16.9. The molecule has 1 saturated carbocycles. The molecule has 1 aliphatic carbocycles. The molecule has 0 spiro atoms. The lowest BCUT2D eigenvalue weighted by Crippen LogP contribution is -2.17. The van der Waals surface area contributed by atoms with E-state index in [1.165, 1.54) is 0 Å². The van der Waals surface area contributed by atoms with Gasteiger partial charge in [-0.2, -0.15) is 9.65 Å². The van der Waals surface area contributed by atoms with Crippen LogP contribution in [0, 0.1) is 22.7 Å². The second-order valence-corrected chi connectivity index (χ2v) is 8.85. The van der Waals surface area contributed by atoms with Gasteiger partial charge in [0.1, 0.15) is 6.07 Å². The highest BCUT2D eigenvalue weighted by molar-refractivity contribution is 6.03. The highest BCUT2D eigenvalue weighted by atomic mass is 19.1. The molecular weight excluding hydrogens is 435 g/mol. The second kappa shape index (κ2) is 10.3. The highest BCUT2D eigenvalue weighted by Gasteiger charge is 2.29. The van der Waals surface area contributed by atoms with Crippen molar-refractivity contribution in [1.82, 2.24) is 4.98 Å². The molecule has 4 rings (SSSR count). The van der Waals surface area contributed by atoms with E-state index < -0.39 is 5.97 Å². The Hall–Kier alpha value is -4.30. The van der Waals surface area contributed by atoms with Gasteiger partial charge in [-0.15, -0.1) is 0 Å². The third-order valence-electron chi connectivity index (χ3n) is 6.30. The van der Waals surface area contributed by atoms with Crippen molar-refractivity contribution in [2.75, 3.05) is 5.73 Å². The van der Waals surface area contributed by atoms with Gasteiger partial charge in [-0.05, 0) is 77.8 Å². The van der Waals surface area contributed by atoms with Crippen LogP contribution in [-0.4, -0.2) is 10.9 Å². The van der Waals surface area contributed by atoms with Crippen LogP contribution in [0.5, 0.6) is 0 Å². The fourth-order valence-corrected chi connectivity index (χ4v) is 4.30. The van der Waals surface area contributed by atoms with E-state index in [0.717, 1.165) is 52.7 Å². The summed E-state index contributed by atoms with van der Waals surface area (Å²) in [5.74, 6) is -0.856. The molecule has 0 radical (unpaired) electrons. The van der Waals surface area contributed by atoms with E-state index in [9.17, 15) is 9.65 Å². The summed E-state index contributed by atoms with van der Waals surface area (Å²) in [6.07, 6.45) is 8.73. The third kappa shape index (κ3) is 5.12. The number of halogens is 1. The zero-order chi connectivity index (χ0) is 24.9. The van der Waals surface area contributed by atoms with Gasteiger partial charge in [-0.25, -0.2) is 0 Å². The molecule has 0 saturated heterocycles. The summed E-state index contributed by atoms with van der Waals surface area (Å²) < 4.78 is 14.0. The average molecular weight is 463 g/mol. The normalized spacial score (nSPS) is 14.2. The summed E-state index contributed by atoms with van der Waals surface area (Å²) in [6, 6.07) is 19.0. The van der Waals surface area contributed by atoms with Crippen molar-refractivity contribution >= 4 is 28.9 Å². The minimum Gasteiger partial charge on any atom is -0.398 e. The molecule has 5 heteroatoms. The van der Waals surface area contributed by atoms with Crippen molar-refractivity contribution in [2.45, 2.75) is 26.2 Å². The van der Waals surface area contributed by atoms with Crippen LogP contribution in [0.25, 0.3) is 17.2 Å². The van der Waals surface area contributed by atoms with Gasteiger partial charge in [0.05, 0.1) is 16.8 Å². The second-order valence-electron chi connectivity index (χ2n) is 8.85. The van der Waals surface area contributed by atoms with E-state index in [1.807, 2.05) is 49.4 Å². The summed E-state index contributed by atoms with van der Waals surface area (Å²) in [7, 11) is 0. The Bertz CT molecular complexity index is 1390. The molecule has 35 heavy (non-hydrogen) atoms. The van der Waals surface area contributed by atoms with Gasteiger partial charge in [0, 0.05) is 11.9 Å². The standard InChI is InChI=1S/C30H27FN4/c1-19(2)8-9-20-10-12-22(13-11-20)27(23-14-15-26(33)25(17-23)30(31)34)28(21-5-3-6-21)29-24(18-32)7-4-16-35-29/h4,7-17,21,34H,1,3,5-6,33H2,2H3/b9-8+,28-27+,34-30?. The quantitative estimate of drug-likeness (QED) is 0.221. The van der Waals surface area contributed by atoms with Crippen LogP contribution in [0.1, 0.15) is 59.7 Å². The molecule has 2 aromatic carbocycles. The Labute approximate surface area is 205 Å².